The lowest BCUT2D eigenvalue weighted by atomic mass is 9.95. The zero-order chi connectivity index (χ0) is 23.1. The van der Waals surface area contributed by atoms with E-state index in [9.17, 15) is 9.59 Å². The van der Waals surface area contributed by atoms with Gasteiger partial charge in [0.1, 0.15) is 5.52 Å². The molecule has 2 aromatic heterocycles. The fourth-order valence-corrected chi connectivity index (χ4v) is 4.88. The molecule has 0 N–H and O–H groups in total. The van der Waals surface area contributed by atoms with E-state index >= 15 is 0 Å². The van der Waals surface area contributed by atoms with Crippen molar-refractivity contribution >= 4 is 33.9 Å². The molecule has 0 radical (unpaired) electrons. The van der Waals surface area contributed by atoms with Gasteiger partial charge >= 0.3 is 5.97 Å². The summed E-state index contributed by atoms with van der Waals surface area (Å²) < 4.78 is 13.1. The number of rotatable bonds is 4. The Morgan fingerprint density at radius 3 is 2.59 bits per heavy atom. The van der Waals surface area contributed by atoms with E-state index in [1.165, 1.54) is 5.56 Å². The summed E-state index contributed by atoms with van der Waals surface area (Å²) in [5.74, 6) is -0.492. The highest BCUT2D eigenvalue weighted by Crippen LogP contribution is 2.32. The quantitative estimate of drug-likeness (QED) is 0.322. The number of oxazole rings is 1. The number of fused-ring (bicyclic) bond motifs is 4. The van der Waals surface area contributed by atoms with E-state index in [1.807, 2.05) is 48.5 Å². The molecule has 34 heavy (non-hydrogen) atoms. The Morgan fingerprint density at radius 2 is 1.68 bits per heavy atom. The van der Waals surface area contributed by atoms with E-state index in [0.29, 0.717) is 28.1 Å². The highest BCUT2D eigenvalue weighted by Gasteiger charge is 2.25. The van der Waals surface area contributed by atoms with Gasteiger partial charge in [0, 0.05) is 11.1 Å². The molecule has 0 saturated heterocycles. The standard InChI is InChI=1S/C28H22N2O4/c31-26(30-23-14-6-3-9-18(23)19-10-4-7-15-24(19)30)17-33-28(32)21-12-2-1-11-20(21)27-29-22-13-5-8-16-25(22)34-27/h1-3,5-6,8-9,11-14,16H,4,7,10,15,17H2. The Balaban J connectivity index is 1.28. The first-order valence-electron chi connectivity index (χ1n) is 11.5. The number of para-hydroxylation sites is 3. The summed E-state index contributed by atoms with van der Waals surface area (Å²) in [7, 11) is 0. The van der Waals surface area contributed by atoms with E-state index in [-0.39, 0.29) is 12.5 Å². The van der Waals surface area contributed by atoms with Crippen molar-refractivity contribution in [3.8, 4) is 11.5 Å². The van der Waals surface area contributed by atoms with Crippen LogP contribution in [-0.2, 0) is 17.6 Å². The van der Waals surface area contributed by atoms with Crippen LogP contribution in [0.15, 0.2) is 77.2 Å². The molecule has 0 unspecified atom stereocenters. The molecule has 0 spiro atoms. The first kappa shape index (κ1) is 20.4. The van der Waals surface area contributed by atoms with Gasteiger partial charge in [0.05, 0.1) is 16.6 Å². The second-order valence-corrected chi connectivity index (χ2v) is 8.49. The van der Waals surface area contributed by atoms with Crippen LogP contribution in [0.25, 0.3) is 33.5 Å². The van der Waals surface area contributed by atoms with E-state index < -0.39 is 5.97 Å². The van der Waals surface area contributed by atoms with Gasteiger partial charge in [-0.15, -0.1) is 0 Å². The molecule has 168 valence electrons. The lowest BCUT2D eigenvalue weighted by Crippen LogP contribution is -2.23. The second-order valence-electron chi connectivity index (χ2n) is 8.49. The average Bonchev–Trinajstić information content (AvgIpc) is 3.46. The molecule has 0 amide bonds. The van der Waals surface area contributed by atoms with E-state index in [0.717, 1.165) is 42.3 Å². The van der Waals surface area contributed by atoms with Crippen LogP contribution in [0.1, 0.15) is 39.3 Å². The van der Waals surface area contributed by atoms with Crippen LogP contribution in [0, 0.1) is 0 Å². The van der Waals surface area contributed by atoms with Crippen LogP contribution < -0.4 is 0 Å². The summed E-state index contributed by atoms with van der Waals surface area (Å²) in [5.41, 5.74) is 5.34. The van der Waals surface area contributed by atoms with Gasteiger partial charge in [-0.2, -0.15) is 0 Å². The molecular weight excluding hydrogens is 428 g/mol. The Bertz CT molecular complexity index is 1530. The van der Waals surface area contributed by atoms with Crippen LogP contribution in [0.4, 0.5) is 0 Å². The number of benzene rings is 3. The number of ether oxygens (including phenoxy) is 1. The SMILES string of the molecule is O=C(OCC(=O)n1c2c(c3ccccc31)CCCC2)c1ccccc1-c1nc2ccccc2o1. The Hall–Kier alpha value is -4.19. The van der Waals surface area contributed by atoms with Crippen molar-refractivity contribution in [3.05, 3.63) is 89.6 Å². The molecule has 6 nitrogen and oxygen atoms in total. The second kappa shape index (κ2) is 8.30. The molecule has 0 saturated carbocycles. The van der Waals surface area contributed by atoms with Crippen LogP contribution in [0.5, 0.6) is 0 Å². The number of carbonyl (C=O) groups excluding carboxylic acids is 2. The average molecular weight is 450 g/mol. The van der Waals surface area contributed by atoms with E-state index in [1.54, 1.807) is 22.8 Å². The molecule has 6 heteroatoms. The maximum Gasteiger partial charge on any atom is 0.339 e. The summed E-state index contributed by atoms with van der Waals surface area (Å²) in [5, 5.41) is 1.11. The van der Waals surface area contributed by atoms with Crippen molar-refractivity contribution in [1.82, 2.24) is 9.55 Å². The van der Waals surface area contributed by atoms with Crippen LogP contribution in [-0.4, -0.2) is 28.0 Å². The first-order valence-corrected chi connectivity index (χ1v) is 11.5. The monoisotopic (exact) mass is 450 g/mol. The van der Waals surface area contributed by atoms with E-state index in [4.69, 9.17) is 9.15 Å². The summed E-state index contributed by atoms with van der Waals surface area (Å²) >= 11 is 0. The molecular formula is C28H22N2O4. The zero-order valence-corrected chi connectivity index (χ0v) is 18.5. The zero-order valence-electron chi connectivity index (χ0n) is 18.5. The summed E-state index contributed by atoms with van der Waals surface area (Å²) in [6.07, 6.45) is 3.99. The van der Waals surface area contributed by atoms with Crippen molar-refractivity contribution in [1.29, 1.82) is 0 Å². The van der Waals surface area contributed by atoms with Crippen molar-refractivity contribution in [2.45, 2.75) is 25.7 Å². The van der Waals surface area contributed by atoms with Crippen molar-refractivity contribution in [2.75, 3.05) is 6.61 Å². The van der Waals surface area contributed by atoms with Crippen LogP contribution in [0.3, 0.4) is 0 Å². The number of nitrogens with zero attached hydrogens (tertiary/aromatic N) is 2. The Labute approximate surface area is 195 Å². The van der Waals surface area contributed by atoms with Crippen molar-refractivity contribution in [3.63, 3.8) is 0 Å². The van der Waals surface area contributed by atoms with Gasteiger partial charge in [0.25, 0.3) is 5.91 Å². The topological polar surface area (TPSA) is 74.3 Å². The van der Waals surface area contributed by atoms with Gasteiger partial charge < -0.3 is 9.15 Å². The number of aromatic nitrogens is 2. The molecule has 3 aromatic carbocycles. The number of esters is 1. The van der Waals surface area contributed by atoms with E-state index in [2.05, 4.69) is 11.1 Å². The van der Waals surface area contributed by atoms with Gasteiger partial charge in [-0.1, -0.05) is 42.5 Å². The van der Waals surface area contributed by atoms with Crippen LogP contribution in [0.2, 0.25) is 0 Å². The Morgan fingerprint density at radius 1 is 0.912 bits per heavy atom. The molecule has 0 aliphatic heterocycles. The minimum Gasteiger partial charge on any atom is -0.452 e. The first-order chi connectivity index (χ1) is 16.7. The summed E-state index contributed by atoms with van der Waals surface area (Å²) in [6, 6.07) is 22.3. The molecule has 5 aromatic rings. The third kappa shape index (κ3) is 3.39. The summed E-state index contributed by atoms with van der Waals surface area (Å²) in [4.78, 5) is 30.8. The van der Waals surface area contributed by atoms with Gasteiger partial charge in [0.2, 0.25) is 5.89 Å². The number of carbonyl (C=O) groups is 2. The lowest BCUT2D eigenvalue weighted by Gasteiger charge is -2.15. The highest BCUT2D eigenvalue weighted by molar-refractivity contribution is 6.00. The normalized spacial score (nSPS) is 13.2. The largest absolute Gasteiger partial charge is 0.452 e. The molecule has 0 bridgehead atoms. The number of aryl methyl sites for hydroxylation is 1. The molecule has 0 atom stereocenters. The van der Waals surface area contributed by atoms with Crippen molar-refractivity contribution < 1.29 is 18.7 Å². The third-order valence-corrected chi connectivity index (χ3v) is 6.43. The molecule has 2 heterocycles. The van der Waals surface area contributed by atoms with Gasteiger partial charge in [0.15, 0.2) is 12.2 Å². The lowest BCUT2D eigenvalue weighted by molar-refractivity contribution is 0.0450. The maximum atomic E-state index is 13.3. The number of hydrogen-bond donors (Lipinski definition) is 0. The predicted octanol–water partition coefficient (Wildman–Crippen LogP) is 5.83. The molecule has 6 rings (SSSR count). The fraction of sp³-hybridized carbons (Fsp3) is 0.179. The number of hydrogen-bond acceptors (Lipinski definition) is 5. The predicted molar refractivity (Wildman–Crippen MR) is 129 cm³/mol. The van der Waals surface area contributed by atoms with Gasteiger partial charge in [-0.05, 0) is 61.6 Å². The minimum atomic E-state index is -0.587. The fourth-order valence-electron chi connectivity index (χ4n) is 4.88. The minimum absolute atomic E-state index is 0.243. The highest BCUT2D eigenvalue weighted by atomic mass is 16.5. The molecule has 1 aliphatic carbocycles. The van der Waals surface area contributed by atoms with Gasteiger partial charge in [-0.3, -0.25) is 9.36 Å². The Kier molecular flexibility index (Phi) is 4.99. The third-order valence-electron chi connectivity index (χ3n) is 6.43. The molecule has 0 fully saturated rings. The maximum absolute atomic E-state index is 13.3. The smallest absolute Gasteiger partial charge is 0.339 e. The van der Waals surface area contributed by atoms with Crippen molar-refractivity contribution in [2.24, 2.45) is 0 Å². The molecule has 1 aliphatic rings. The van der Waals surface area contributed by atoms with Crippen LogP contribution >= 0.6 is 0 Å². The summed E-state index contributed by atoms with van der Waals surface area (Å²) in [6.45, 7) is -0.341. The van der Waals surface area contributed by atoms with Gasteiger partial charge in [-0.25, -0.2) is 9.78 Å².